The predicted octanol–water partition coefficient (Wildman–Crippen LogP) is 4.98. The maximum Gasteiger partial charge on any atom is 0.120 e. The molecule has 0 N–H and O–H groups in total. The molecule has 0 spiro atoms. The van der Waals surface area contributed by atoms with Gasteiger partial charge in [0, 0.05) is 0 Å². The first-order valence-corrected chi connectivity index (χ1v) is 7.04. The van der Waals surface area contributed by atoms with E-state index >= 15 is 0 Å². The molecule has 0 fully saturated rings. The molecule has 0 heterocycles. The molecular weight excluding hydrogens is 244 g/mol. The summed E-state index contributed by atoms with van der Waals surface area (Å²) < 4.78 is 5.90. The number of rotatable bonds is 4. The van der Waals surface area contributed by atoms with E-state index in [2.05, 4.69) is 67.6 Å². The molecule has 3 aromatic rings. The Morgan fingerprint density at radius 1 is 0.750 bits per heavy atom. The monoisotopic (exact) mass is 262 g/mol. The lowest BCUT2D eigenvalue weighted by molar-refractivity contribution is 0.306. The highest BCUT2D eigenvalue weighted by molar-refractivity contribution is 5.83. The van der Waals surface area contributed by atoms with Gasteiger partial charge >= 0.3 is 0 Å². The van der Waals surface area contributed by atoms with E-state index in [4.69, 9.17) is 4.74 Å². The molecule has 3 aromatic carbocycles. The Labute approximate surface area is 119 Å². The number of fused-ring (bicyclic) bond motifs is 1. The molecule has 1 nitrogen and oxygen atoms in total. The van der Waals surface area contributed by atoms with Crippen molar-refractivity contribution in [3.8, 4) is 5.75 Å². The summed E-state index contributed by atoms with van der Waals surface area (Å²) in [5.74, 6) is 0.922. The highest BCUT2D eigenvalue weighted by atomic mass is 16.5. The summed E-state index contributed by atoms with van der Waals surface area (Å²) in [5, 5.41) is 2.46. The normalized spacial score (nSPS) is 10.7. The summed E-state index contributed by atoms with van der Waals surface area (Å²) >= 11 is 0. The van der Waals surface area contributed by atoms with Gasteiger partial charge in [0.1, 0.15) is 12.4 Å². The van der Waals surface area contributed by atoms with Crippen LogP contribution >= 0.6 is 0 Å². The van der Waals surface area contributed by atoms with Gasteiger partial charge in [-0.3, -0.25) is 0 Å². The lowest BCUT2D eigenvalue weighted by Crippen LogP contribution is -1.96. The van der Waals surface area contributed by atoms with E-state index < -0.39 is 0 Å². The fraction of sp³-hybridized carbons (Fsp3) is 0.158. The van der Waals surface area contributed by atoms with Crippen molar-refractivity contribution in [1.29, 1.82) is 0 Å². The first-order chi connectivity index (χ1) is 9.85. The van der Waals surface area contributed by atoms with Crippen LogP contribution in [0, 0.1) is 0 Å². The van der Waals surface area contributed by atoms with E-state index in [1.165, 1.54) is 21.9 Å². The molecule has 20 heavy (non-hydrogen) atoms. The van der Waals surface area contributed by atoms with Gasteiger partial charge in [0.05, 0.1) is 0 Å². The molecule has 0 aliphatic rings. The second kappa shape index (κ2) is 5.79. The largest absolute Gasteiger partial charge is 0.489 e. The van der Waals surface area contributed by atoms with Gasteiger partial charge in [-0.2, -0.15) is 0 Å². The number of benzene rings is 3. The Bertz CT molecular complexity index is 716. The van der Waals surface area contributed by atoms with Crippen LogP contribution in [0.4, 0.5) is 0 Å². The zero-order valence-corrected chi connectivity index (χ0v) is 11.7. The molecule has 0 amide bonds. The van der Waals surface area contributed by atoms with E-state index in [-0.39, 0.29) is 0 Å². The SMILES string of the molecule is CCc1cccc(COc2ccc3ccccc3c2)c1. The Kier molecular flexibility index (Phi) is 3.69. The molecule has 0 radical (unpaired) electrons. The fourth-order valence-electron chi connectivity index (χ4n) is 2.36. The quantitative estimate of drug-likeness (QED) is 0.644. The van der Waals surface area contributed by atoms with Crippen molar-refractivity contribution >= 4 is 10.8 Å². The minimum Gasteiger partial charge on any atom is -0.489 e. The topological polar surface area (TPSA) is 9.23 Å². The average Bonchev–Trinajstić information content (AvgIpc) is 2.53. The van der Waals surface area contributed by atoms with Gasteiger partial charge in [0.25, 0.3) is 0 Å². The Balaban J connectivity index is 1.76. The molecule has 100 valence electrons. The van der Waals surface area contributed by atoms with Crippen molar-refractivity contribution < 1.29 is 4.74 Å². The third-order valence-corrected chi connectivity index (χ3v) is 3.53. The van der Waals surface area contributed by atoms with Crippen molar-refractivity contribution in [1.82, 2.24) is 0 Å². The van der Waals surface area contributed by atoms with Crippen molar-refractivity contribution in [2.45, 2.75) is 20.0 Å². The van der Waals surface area contributed by atoms with Crippen molar-refractivity contribution in [2.24, 2.45) is 0 Å². The minimum absolute atomic E-state index is 0.617. The highest BCUT2D eigenvalue weighted by Crippen LogP contribution is 2.21. The van der Waals surface area contributed by atoms with Crippen LogP contribution in [0.1, 0.15) is 18.1 Å². The summed E-state index contributed by atoms with van der Waals surface area (Å²) in [7, 11) is 0. The molecule has 0 aliphatic carbocycles. The smallest absolute Gasteiger partial charge is 0.120 e. The molecular formula is C19H18O. The van der Waals surface area contributed by atoms with Gasteiger partial charge in [-0.1, -0.05) is 61.5 Å². The second-order valence-corrected chi connectivity index (χ2v) is 4.97. The summed E-state index contributed by atoms with van der Waals surface area (Å²) in [6, 6.07) is 23.1. The van der Waals surface area contributed by atoms with E-state index in [0.29, 0.717) is 6.61 Å². The van der Waals surface area contributed by atoms with E-state index in [9.17, 15) is 0 Å². The van der Waals surface area contributed by atoms with Crippen LogP contribution in [-0.4, -0.2) is 0 Å². The highest BCUT2D eigenvalue weighted by Gasteiger charge is 1.99. The standard InChI is InChI=1S/C19H18O/c1-2-15-6-5-7-16(12-15)14-20-19-11-10-17-8-3-4-9-18(17)13-19/h3-13H,2,14H2,1H3. The first-order valence-electron chi connectivity index (χ1n) is 7.04. The summed E-state index contributed by atoms with van der Waals surface area (Å²) in [6.45, 7) is 2.79. The average molecular weight is 262 g/mol. The molecule has 0 saturated carbocycles. The fourth-order valence-corrected chi connectivity index (χ4v) is 2.36. The van der Waals surface area contributed by atoms with Crippen molar-refractivity contribution in [3.05, 3.63) is 77.9 Å². The summed E-state index contributed by atoms with van der Waals surface area (Å²) in [5.41, 5.74) is 2.57. The molecule has 1 heteroatoms. The van der Waals surface area contributed by atoms with Gasteiger partial charge in [0.15, 0.2) is 0 Å². The van der Waals surface area contributed by atoms with Crippen LogP contribution < -0.4 is 4.74 Å². The Morgan fingerprint density at radius 3 is 2.40 bits per heavy atom. The van der Waals surface area contributed by atoms with Gasteiger partial charge < -0.3 is 4.74 Å². The van der Waals surface area contributed by atoms with Crippen LogP contribution in [0.3, 0.4) is 0 Å². The van der Waals surface area contributed by atoms with Crippen LogP contribution in [0.5, 0.6) is 5.75 Å². The van der Waals surface area contributed by atoms with E-state index in [0.717, 1.165) is 12.2 Å². The van der Waals surface area contributed by atoms with Crippen LogP contribution in [0.15, 0.2) is 66.7 Å². The molecule has 0 atom stereocenters. The van der Waals surface area contributed by atoms with Crippen molar-refractivity contribution in [3.63, 3.8) is 0 Å². The van der Waals surface area contributed by atoms with E-state index in [1.807, 2.05) is 6.07 Å². The lowest BCUT2D eigenvalue weighted by Gasteiger charge is -2.08. The van der Waals surface area contributed by atoms with Gasteiger partial charge in [0.2, 0.25) is 0 Å². The Hall–Kier alpha value is -2.28. The van der Waals surface area contributed by atoms with Crippen LogP contribution in [-0.2, 0) is 13.0 Å². The summed E-state index contributed by atoms with van der Waals surface area (Å²) in [4.78, 5) is 0. The van der Waals surface area contributed by atoms with Gasteiger partial charge in [-0.15, -0.1) is 0 Å². The maximum atomic E-state index is 5.90. The van der Waals surface area contributed by atoms with Crippen LogP contribution in [0.25, 0.3) is 10.8 Å². The minimum atomic E-state index is 0.617. The zero-order valence-electron chi connectivity index (χ0n) is 11.7. The third kappa shape index (κ3) is 2.83. The van der Waals surface area contributed by atoms with E-state index in [1.54, 1.807) is 0 Å². The number of ether oxygens (including phenoxy) is 1. The molecule has 0 saturated heterocycles. The Morgan fingerprint density at radius 2 is 1.55 bits per heavy atom. The third-order valence-electron chi connectivity index (χ3n) is 3.53. The van der Waals surface area contributed by atoms with Gasteiger partial charge in [-0.25, -0.2) is 0 Å². The zero-order chi connectivity index (χ0) is 13.8. The molecule has 0 bridgehead atoms. The first kappa shape index (κ1) is 12.7. The van der Waals surface area contributed by atoms with Crippen LogP contribution in [0.2, 0.25) is 0 Å². The number of aryl methyl sites for hydroxylation is 1. The van der Waals surface area contributed by atoms with Gasteiger partial charge in [-0.05, 0) is 40.5 Å². The maximum absolute atomic E-state index is 5.90. The summed E-state index contributed by atoms with van der Waals surface area (Å²) in [6.07, 6.45) is 1.06. The molecule has 3 rings (SSSR count). The predicted molar refractivity (Wildman–Crippen MR) is 84.1 cm³/mol. The van der Waals surface area contributed by atoms with Crippen molar-refractivity contribution in [2.75, 3.05) is 0 Å². The molecule has 0 aromatic heterocycles. The number of hydrogen-bond donors (Lipinski definition) is 0. The molecule has 0 aliphatic heterocycles. The number of hydrogen-bond acceptors (Lipinski definition) is 1. The molecule has 0 unspecified atom stereocenters. The lowest BCUT2D eigenvalue weighted by atomic mass is 10.1. The second-order valence-electron chi connectivity index (χ2n) is 4.97.